The highest BCUT2D eigenvalue weighted by atomic mass is 32.2. The summed E-state index contributed by atoms with van der Waals surface area (Å²) in [5, 5.41) is -5.43. The molecule has 0 aromatic heterocycles. The van der Waals surface area contributed by atoms with Crippen LogP contribution in [0.1, 0.15) is 0 Å². The first kappa shape index (κ1) is 12.8. The summed E-state index contributed by atoms with van der Waals surface area (Å²) in [6.45, 7) is 0. The molecule has 0 bridgehead atoms. The molecule has 0 spiro atoms. The average Bonchev–Trinajstić information content (AvgIpc) is 2.08. The van der Waals surface area contributed by atoms with Gasteiger partial charge in [-0.25, -0.2) is 8.78 Å². The molecule has 1 aliphatic rings. The number of alkyl halides is 9. The molecule has 0 saturated carbocycles. The quantitative estimate of drug-likeness (QED) is 0.603. The van der Waals surface area contributed by atoms with Crippen molar-refractivity contribution >= 4 is 11.8 Å². The molecule has 2 atom stereocenters. The Labute approximate surface area is 80.8 Å². The van der Waals surface area contributed by atoms with E-state index in [1.165, 1.54) is 0 Å². The molecule has 0 radical (unpaired) electrons. The summed E-state index contributed by atoms with van der Waals surface area (Å²) in [4.78, 5) is 0. The summed E-state index contributed by atoms with van der Waals surface area (Å²) in [7, 11) is 0. The van der Waals surface area contributed by atoms with Crippen LogP contribution in [0.15, 0.2) is 0 Å². The van der Waals surface area contributed by atoms with E-state index < -0.39 is 40.3 Å². The minimum Gasteiger partial charge on any atom is -0.231 e. The van der Waals surface area contributed by atoms with E-state index in [9.17, 15) is 39.5 Å². The lowest BCUT2D eigenvalue weighted by Gasteiger charge is -2.30. The number of rotatable bonds is 0. The van der Waals surface area contributed by atoms with Crippen LogP contribution in [0.25, 0.3) is 0 Å². The highest BCUT2D eigenvalue weighted by molar-refractivity contribution is 8.01. The first-order valence-corrected chi connectivity index (χ1v) is 4.09. The van der Waals surface area contributed by atoms with Crippen LogP contribution in [0, 0.1) is 0 Å². The first-order chi connectivity index (χ1) is 6.38. The van der Waals surface area contributed by atoms with Crippen molar-refractivity contribution in [1.82, 2.24) is 0 Å². The maximum atomic E-state index is 12.7. The van der Waals surface area contributed by atoms with Crippen molar-refractivity contribution in [1.29, 1.82) is 0 Å². The topological polar surface area (TPSA) is 0 Å². The predicted molar refractivity (Wildman–Crippen MR) is 32.3 cm³/mol. The normalized spacial score (nSPS) is 39.4. The molecule has 1 aliphatic heterocycles. The second-order valence-corrected chi connectivity index (χ2v) is 3.90. The Balaban J connectivity index is 3.32. The Hall–Kier alpha value is -0.280. The largest absolute Gasteiger partial charge is 0.432 e. The summed E-state index contributed by atoms with van der Waals surface area (Å²) in [6, 6.07) is 0. The molecule has 1 heterocycles. The van der Waals surface area contributed by atoms with E-state index in [1.54, 1.807) is 0 Å². The fraction of sp³-hybridized carbons (Fsp3) is 1.00. The summed E-state index contributed by atoms with van der Waals surface area (Å²) in [5.41, 5.74) is -9.93. The molecule has 0 aromatic rings. The van der Waals surface area contributed by atoms with Gasteiger partial charge in [-0.05, 0) is 11.8 Å². The number of hydrogen-bond acceptors (Lipinski definition) is 1. The molecular weight excluding hydrogens is 263 g/mol. The smallest absolute Gasteiger partial charge is 0.231 e. The summed E-state index contributed by atoms with van der Waals surface area (Å²) in [5.74, 6) is -6.14. The van der Waals surface area contributed by atoms with Gasteiger partial charge in [0.1, 0.15) is 0 Å². The maximum absolute atomic E-state index is 12.7. The van der Waals surface area contributed by atoms with Crippen molar-refractivity contribution in [2.75, 3.05) is 0 Å². The first-order valence-electron chi connectivity index (χ1n) is 3.21. The minimum atomic E-state index is -6.41. The fourth-order valence-corrected chi connectivity index (χ4v) is 1.95. The van der Waals surface area contributed by atoms with Gasteiger partial charge in [0.05, 0.1) is 0 Å². The van der Waals surface area contributed by atoms with Crippen LogP contribution in [0.2, 0.25) is 0 Å². The molecular formula is C5HF9S. The molecule has 0 aliphatic carbocycles. The van der Waals surface area contributed by atoms with E-state index in [0.29, 0.717) is 0 Å². The van der Waals surface area contributed by atoms with Gasteiger partial charge in [0.2, 0.25) is 5.50 Å². The zero-order chi connectivity index (χ0) is 12.3. The third-order valence-electron chi connectivity index (χ3n) is 1.80. The lowest BCUT2D eigenvalue weighted by atomic mass is 9.99. The highest BCUT2D eigenvalue weighted by Gasteiger charge is 2.89. The van der Waals surface area contributed by atoms with Gasteiger partial charge in [-0.3, -0.25) is 0 Å². The Morgan fingerprint density at radius 2 is 1.33 bits per heavy atom. The van der Waals surface area contributed by atoms with Gasteiger partial charge in [-0.2, -0.15) is 30.7 Å². The van der Waals surface area contributed by atoms with E-state index in [4.69, 9.17) is 0 Å². The van der Waals surface area contributed by atoms with Crippen molar-refractivity contribution < 1.29 is 39.5 Å². The molecule has 1 rings (SSSR count). The molecule has 0 amide bonds. The third kappa shape index (κ3) is 1.32. The molecule has 0 N–H and O–H groups in total. The second-order valence-electron chi connectivity index (χ2n) is 2.73. The van der Waals surface area contributed by atoms with Gasteiger partial charge in [0.15, 0.2) is 0 Å². The standard InChI is InChI=1S/C5HF9S/c6-1-2(7,4(10,11)12)3(8,9)5(13,14)15-1/h1H. The summed E-state index contributed by atoms with van der Waals surface area (Å²) >= 11 is -1.68. The highest BCUT2D eigenvalue weighted by Crippen LogP contribution is 2.66. The van der Waals surface area contributed by atoms with Crippen molar-refractivity contribution in [3.05, 3.63) is 0 Å². The van der Waals surface area contributed by atoms with Gasteiger partial charge in [0.25, 0.3) is 0 Å². The monoisotopic (exact) mass is 264 g/mol. The van der Waals surface area contributed by atoms with Crippen LogP contribution in [-0.4, -0.2) is 28.5 Å². The second kappa shape index (κ2) is 2.89. The van der Waals surface area contributed by atoms with Crippen molar-refractivity contribution in [2.45, 2.75) is 28.5 Å². The van der Waals surface area contributed by atoms with Gasteiger partial charge in [-0.15, -0.1) is 0 Å². The lowest BCUT2D eigenvalue weighted by molar-refractivity contribution is -0.331. The molecule has 0 nitrogen and oxygen atoms in total. The minimum absolute atomic E-state index is 1.68. The van der Waals surface area contributed by atoms with Crippen LogP contribution in [0.4, 0.5) is 39.5 Å². The molecule has 1 fully saturated rings. The number of hydrogen-bond donors (Lipinski definition) is 0. The van der Waals surface area contributed by atoms with Crippen LogP contribution in [0.5, 0.6) is 0 Å². The van der Waals surface area contributed by atoms with Crippen molar-refractivity contribution in [2.24, 2.45) is 0 Å². The van der Waals surface area contributed by atoms with Crippen LogP contribution < -0.4 is 0 Å². The van der Waals surface area contributed by atoms with Crippen molar-refractivity contribution in [3.8, 4) is 0 Å². The third-order valence-corrected chi connectivity index (χ3v) is 2.88. The van der Waals surface area contributed by atoms with Crippen molar-refractivity contribution in [3.63, 3.8) is 0 Å². The summed E-state index contributed by atoms with van der Waals surface area (Å²) < 4.78 is 110. The number of halogens is 9. The van der Waals surface area contributed by atoms with Crippen LogP contribution in [0.3, 0.4) is 0 Å². The SMILES string of the molecule is FC1SC(F)(F)C(F)(F)C1(F)C(F)(F)F. The van der Waals surface area contributed by atoms with E-state index in [2.05, 4.69) is 0 Å². The molecule has 15 heavy (non-hydrogen) atoms. The Kier molecular flexibility index (Phi) is 2.46. The van der Waals surface area contributed by atoms with E-state index in [-0.39, 0.29) is 0 Å². The Morgan fingerprint density at radius 3 is 1.47 bits per heavy atom. The lowest BCUT2D eigenvalue weighted by Crippen LogP contribution is -2.60. The zero-order valence-electron chi connectivity index (χ0n) is 6.39. The van der Waals surface area contributed by atoms with E-state index >= 15 is 0 Å². The molecule has 10 heteroatoms. The molecule has 1 saturated heterocycles. The Bertz CT molecular complexity index is 270. The Morgan fingerprint density at radius 1 is 0.933 bits per heavy atom. The van der Waals surface area contributed by atoms with Crippen LogP contribution in [-0.2, 0) is 0 Å². The number of thioether (sulfide) groups is 1. The van der Waals surface area contributed by atoms with E-state index in [1.807, 2.05) is 0 Å². The van der Waals surface area contributed by atoms with Gasteiger partial charge in [0, 0.05) is 0 Å². The molecule has 90 valence electrons. The van der Waals surface area contributed by atoms with Gasteiger partial charge in [-0.1, -0.05) is 0 Å². The van der Waals surface area contributed by atoms with Gasteiger partial charge >= 0.3 is 23.0 Å². The van der Waals surface area contributed by atoms with Gasteiger partial charge < -0.3 is 0 Å². The fourth-order valence-electron chi connectivity index (χ4n) is 0.946. The zero-order valence-corrected chi connectivity index (χ0v) is 7.20. The van der Waals surface area contributed by atoms with E-state index in [0.717, 1.165) is 0 Å². The predicted octanol–water partition coefficient (Wildman–Crippen LogP) is 3.53. The molecule has 0 aromatic carbocycles. The molecule has 2 unspecified atom stereocenters. The van der Waals surface area contributed by atoms with Crippen LogP contribution >= 0.6 is 11.8 Å². The average molecular weight is 264 g/mol. The summed E-state index contributed by atoms with van der Waals surface area (Å²) in [6.07, 6.45) is -6.41. The maximum Gasteiger partial charge on any atom is 0.432 e.